The van der Waals surface area contributed by atoms with Crippen LogP contribution in [0.5, 0.6) is 0 Å². The van der Waals surface area contributed by atoms with Crippen LogP contribution in [0.25, 0.3) is 125 Å². The van der Waals surface area contributed by atoms with E-state index in [0.29, 0.717) is 0 Å². The number of para-hydroxylation sites is 4. The molecule has 4 heteroatoms. The Balaban J connectivity index is 1.10. The number of nitrogens with zero attached hydrogens (tertiary/aromatic N) is 3. The highest BCUT2D eigenvalue weighted by Gasteiger charge is 2.22. The number of thiophene rings is 1. The molecular weight excluding hydrogens is 795 g/mol. The lowest BCUT2D eigenvalue weighted by molar-refractivity contribution is 1.17. The SMILES string of the molecule is c1ccc(-c2ccc3sc4c(-n5c6ccc(-n7c8ccccc8c8ccccc87)cc6c6cc(-n7c8ccccc8c8ccccc87)ccc65)cc(-c5ccccc5)cc4c3c2)cc1. The van der Waals surface area contributed by atoms with Crippen molar-refractivity contribution in [1.82, 2.24) is 13.7 Å². The second-order valence-corrected chi connectivity index (χ2v) is 17.9. The summed E-state index contributed by atoms with van der Waals surface area (Å²) in [6.45, 7) is 0. The normalized spacial score (nSPS) is 12.1. The summed E-state index contributed by atoms with van der Waals surface area (Å²) < 4.78 is 9.97. The van der Waals surface area contributed by atoms with E-state index in [4.69, 9.17) is 0 Å². The van der Waals surface area contributed by atoms with E-state index in [0.717, 1.165) is 11.4 Å². The van der Waals surface area contributed by atoms with Crippen molar-refractivity contribution in [3.63, 3.8) is 0 Å². The van der Waals surface area contributed by atoms with Crippen LogP contribution >= 0.6 is 11.3 Å². The minimum atomic E-state index is 1.14. The number of hydrogen-bond donors (Lipinski definition) is 0. The highest BCUT2D eigenvalue weighted by molar-refractivity contribution is 7.26. The predicted octanol–water partition coefficient (Wildman–Crippen LogP) is 16.7. The summed E-state index contributed by atoms with van der Waals surface area (Å²) in [5, 5.41) is 10.0. The van der Waals surface area contributed by atoms with E-state index in [9.17, 15) is 0 Å². The van der Waals surface area contributed by atoms with Crippen LogP contribution in [0.1, 0.15) is 0 Å². The Morgan fingerprint density at radius 1 is 0.250 bits per heavy atom. The highest BCUT2D eigenvalue weighted by atomic mass is 32.1. The number of aromatic nitrogens is 3. The number of benzene rings is 10. The van der Waals surface area contributed by atoms with Crippen LogP contribution in [-0.4, -0.2) is 13.7 Å². The third-order valence-electron chi connectivity index (χ3n) is 13.4. The maximum absolute atomic E-state index is 2.54. The van der Waals surface area contributed by atoms with Crippen LogP contribution in [0.2, 0.25) is 0 Å². The average molecular weight is 832 g/mol. The van der Waals surface area contributed by atoms with Crippen molar-refractivity contribution in [3.05, 3.63) is 224 Å². The zero-order valence-electron chi connectivity index (χ0n) is 34.6. The Kier molecular flexibility index (Phi) is 7.56. The largest absolute Gasteiger partial charge is 0.309 e. The number of rotatable bonds is 5. The van der Waals surface area contributed by atoms with E-state index >= 15 is 0 Å². The van der Waals surface area contributed by atoms with Gasteiger partial charge in [-0.3, -0.25) is 0 Å². The smallest absolute Gasteiger partial charge is 0.0647 e. The molecule has 0 aliphatic rings. The van der Waals surface area contributed by atoms with E-state index in [2.05, 4.69) is 238 Å². The average Bonchev–Trinajstić information content (AvgIpc) is 4.10. The molecule has 0 fully saturated rings. The molecule has 0 amide bonds. The standard InChI is InChI=1S/C60H37N3S/c1-3-15-38(16-4-1)40-27-32-59-50(33-40)51-34-41(39-17-5-2-6-18-39)35-58(60(51)64-59)63-56-30-28-42(61-52-23-11-7-19-44(52)45-20-8-12-24-53(45)61)36-48(56)49-37-43(29-31-57(49)63)62-54-25-13-9-21-46(54)47-22-10-14-26-55(47)62/h1-37H. The molecule has 4 heterocycles. The van der Waals surface area contributed by atoms with Gasteiger partial charge in [-0.1, -0.05) is 140 Å². The lowest BCUT2D eigenvalue weighted by Crippen LogP contribution is -1.97. The Labute approximate surface area is 372 Å². The minimum Gasteiger partial charge on any atom is -0.309 e. The van der Waals surface area contributed by atoms with Crippen molar-refractivity contribution >= 4 is 96.9 Å². The van der Waals surface area contributed by atoms with E-state index in [1.807, 2.05) is 11.3 Å². The maximum atomic E-state index is 2.54. The van der Waals surface area contributed by atoms with Gasteiger partial charge in [0.15, 0.2) is 0 Å². The van der Waals surface area contributed by atoms with E-state index < -0.39 is 0 Å². The zero-order chi connectivity index (χ0) is 41.9. The molecule has 10 aromatic carbocycles. The molecule has 0 aliphatic carbocycles. The highest BCUT2D eigenvalue weighted by Crippen LogP contribution is 2.46. The van der Waals surface area contributed by atoms with Crippen molar-refractivity contribution in [3.8, 4) is 39.3 Å². The summed E-state index contributed by atoms with van der Waals surface area (Å²) in [7, 11) is 0. The fourth-order valence-electron chi connectivity index (χ4n) is 10.6. The van der Waals surface area contributed by atoms with Crippen LogP contribution < -0.4 is 0 Å². The summed E-state index contributed by atoms with van der Waals surface area (Å²) in [6, 6.07) is 82.8. The third kappa shape index (κ3) is 5.15. The summed E-state index contributed by atoms with van der Waals surface area (Å²) in [6.07, 6.45) is 0. The molecule has 4 aromatic heterocycles. The Morgan fingerprint density at radius 2 is 0.672 bits per heavy atom. The van der Waals surface area contributed by atoms with Crippen molar-refractivity contribution in [1.29, 1.82) is 0 Å². The first-order chi connectivity index (χ1) is 31.7. The van der Waals surface area contributed by atoms with Crippen molar-refractivity contribution in [2.45, 2.75) is 0 Å². The van der Waals surface area contributed by atoms with Gasteiger partial charge < -0.3 is 13.7 Å². The van der Waals surface area contributed by atoms with Crippen molar-refractivity contribution in [2.75, 3.05) is 0 Å². The summed E-state index contributed by atoms with van der Waals surface area (Å²) in [5.74, 6) is 0. The van der Waals surface area contributed by atoms with Gasteiger partial charge >= 0.3 is 0 Å². The lowest BCUT2D eigenvalue weighted by atomic mass is 9.99. The molecular formula is C60H37N3S. The number of fused-ring (bicyclic) bond motifs is 12. The van der Waals surface area contributed by atoms with Crippen LogP contribution in [0, 0.1) is 0 Å². The minimum absolute atomic E-state index is 1.14. The molecule has 0 bridgehead atoms. The molecule has 0 radical (unpaired) electrons. The fraction of sp³-hybridized carbons (Fsp3) is 0. The molecule has 0 unspecified atom stereocenters. The third-order valence-corrected chi connectivity index (χ3v) is 14.6. The Hall–Kier alpha value is -8.18. The first kappa shape index (κ1) is 35.4. The van der Waals surface area contributed by atoms with Crippen LogP contribution in [0.3, 0.4) is 0 Å². The second kappa shape index (κ2) is 13.7. The molecule has 3 nitrogen and oxygen atoms in total. The molecule has 0 spiro atoms. The van der Waals surface area contributed by atoms with Crippen LogP contribution in [-0.2, 0) is 0 Å². The van der Waals surface area contributed by atoms with E-state index in [-0.39, 0.29) is 0 Å². The van der Waals surface area contributed by atoms with Gasteiger partial charge in [-0.25, -0.2) is 0 Å². The van der Waals surface area contributed by atoms with Gasteiger partial charge in [0.1, 0.15) is 0 Å². The van der Waals surface area contributed by atoms with E-state index in [1.165, 1.54) is 114 Å². The van der Waals surface area contributed by atoms with Gasteiger partial charge in [-0.15, -0.1) is 11.3 Å². The summed E-state index contributed by atoms with van der Waals surface area (Å²) in [4.78, 5) is 0. The topological polar surface area (TPSA) is 14.8 Å². The summed E-state index contributed by atoms with van der Waals surface area (Å²) in [5.41, 5.74) is 15.5. The molecule has 0 atom stereocenters. The fourth-order valence-corrected chi connectivity index (χ4v) is 11.7. The zero-order valence-corrected chi connectivity index (χ0v) is 35.4. The Bertz CT molecular complexity index is 3910. The van der Waals surface area contributed by atoms with Gasteiger partial charge in [-0.05, 0) is 107 Å². The molecule has 298 valence electrons. The van der Waals surface area contributed by atoms with Gasteiger partial charge in [0.2, 0.25) is 0 Å². The Morgan fingerprint density at radius 3 is 1.17 bits per heavy atom. The van der Waals surface area contributed by atoms with Crippen LogP contribution in [0.15, 0.2) is 224 Å². The molecule has 64 heavy (non-hydrogen) atoms. The first-order valence-electron chi connectivity index (χ1n) is 21.9. The van der Waals surface area contributed by atoms with Gasteiger partial charge in [0.05, 0.1) is 43.5 Å². The molecule has 14 rings (SSSR count). The molecule has 14 aromatic rings. The summed E-state index contributed by atoms with van der Waals surface area (Å²) >= 11 is 1.89. The predicted molar refractivity (Wildman–Crippen MR) is 273 cm³/mol. The number of hydrogen-bond acceptors (Lipinski definition) is 1. The molecule has 0 aliphatic heterocycles. The quantitative estimate of drug-likeness (QED) is 0.164. The van der Waals surface area contributed by atoms with Gasteiger partial charge in [0, 0.05) is 59.2 Å². The molecule has 0 saturated heterocycles. The van der Waals surface area contributed by atoms with Gasteiger partial charge in [-0.2, -0.15) is 0 Å². The molecule has 0 saturated carbocycles. The van der Waals surface area contributed by atoms with Crippen molar-refractivity contribution < 1.29 is 0 Å². The lowest BCUT2D eigenvalue weighted by Gasteiger charge is -2.14. The monoisotopic (exact) mass is 831 g/mol. The maximum Gasteiger partial charge on any atom is 0.0647 e. The van der Waals surface area contributed by atoms with Gasteiger partial charge in [0.25, 0.3) is 0 Å². The first-order valence-corrected chi connectivity index (χ1v) is 22.7. The molecule has 0 N–H and O–H groups in total. The van der Waals surface area contributed by atoms with E-state index in [1.54, 1.807) is 0 Å². The van der Waals surface area contributed by atoms with Crippen molar-refractivity contribution in [2.24, 2.45) is 0 Å². The second-order valence-electron chi connectivity index (χ2n) is 16.9. The van der Waals surface area contributed by atoms with Crippen LogP contribution in [0.4, 0.5) is 0 Å².